The van der Waals surface area contributed by atoms with E-state index in [1.165, 1.54) is 6.08 Å². The summed E-state index contributed by atoms with van der Waals surface area (Å²) in [5, 5.41) is 30.0. The van der Waals surface area contributed by atoms with E-state index in [0.717, 1.165) is 5.57 Å². The van der Waals surface area contributed by atoms with E-state index < -0.39 is 23.6 Å². The van der Waals surface area contributed by atoms with E-state index in [1.807, 2.05) is 51.2 Å². The average molecular weight is 543 g/mol. The zero-order valence-electron chi connectivity index (χ0n) is 23.5. The molecule has 3 rings (SSSR count). The van der Waals surface area contributed by atoms with Crippen molar-refractivity contribution in [1.29, 1.82) is 0 Å². The minimum absolute atomic E-state index is 0.00781. The summed E-state index contributed by atoms with van der Waals surface area (Å²) >= 11 is 0. The van der Waals surface area contributed by atoms with Gasteiger partial charge in [0, 0.05) is 31.4 Å². The smallest absolute Gasteiger partial charge is 0.331 e. The van der Waals surface area contributed by atoms with Crippen molar-refractivity contribution in [3.8, 4) is 0 Å². The molecule has 3 aliphatic heterocycles. The highest BCUT2D eigenvalue weighted by atomic mass is 16.6. The first-order valence-electron chi connectivity index (χ1n) is 14.2. The van der Waals surface area contributed by atoms with Gasteiger partial charge in [-0.3, -0.25) is 0 Å². The predicted molar refractivity (Wildman–Crippen MR) is 152 cm³/mol. The highest BCUT2D eigenvalue weighted by Crippen LogP contribution is 2.41. The average Bonchev–Trinajstić information content (AvgIpc) is 2.90. The van der Waals surface area contributed by atoms with E-state index >= 15 is 0 Å². The zero-order chi connectivity index (χ0) is 28.3. The van der Waals surface area contributed by atoms with Gasteiger partial charge in [-0.05, 0) is 32.6 Å². The van der Waals surface area contributed by atoms with Crippen molar-refractivity contribution < 1.29 is 34.3 Å². The van der Waals surface area contributed by atoms with Gasteiger partial charge in [0.15, 0.2) is 0 Å². The summed E-state index contributed by atoms with van der Waals surface area (Å²) in [5.41, 5.74) is 0.300. The molecule has 0 aromatic rings. The number of rotatable bonds is 5. The number of aliphatic hydroxyl groups excluding tert-OH is 3. The van der Waals surface area contributed by atoms with E-state index in [-0.39, 0.29) is 43.5 Å². The van der Waals surface area contributed by atoms with Crippen molar-refractivity contribution in [1.82, 2.24) is 0 Å². The molecule has 3 N–H and O–H groups in total. The number of carbonyl (C=O) groups is 1. The Balaban J connectivity index is 1.84. The van der Waals surface area contributed by atoms with Crippen LogP contribution in [0.4, 0.5) is 0 Å². The van der Waals surface area contributed by atoms with Crippen LogP contribution in [0.5, 0.6) is 0 Å². The Morgan fingerprint density at radius 3 is 2.67 bits per heavy atom. The standard InChI is InChI=1S/C32H46O7/c1-23-13-7-4-8-15-26-21-30(32(3,22-34)29(38-26)16-10-6-12-18-33)39-31(36)17-11-5-9-14-25-20-27(35)24(2)28(19-23)37-25/h5-11,13,15,17,19,24-30,33-35H,4,12,14,16,18,20-22H2,1-3H3/b9-5+,10-6-,13-7+,15-8+,17-11+,23-19+. The summed E-state index contributed by atoms with van der Waals surface area (Å²) < 4.78 is 18.5. The second-order valence-corrected chi connectivity index (χ2v) is 11.1. The fourth-order valence-corrected chi connectivity index (χ4v) is 5.30. The van der Waals surface area contributed by atoms with E-state index in [4.69, 9.17) is 19.3 Å². The predicted octanol–water partition coefficient (Wildman–Crippen LogP) is 4.50. The number of allylic oxidation sites excluding steroid dienone is 6. The Labute approximate surface area is 233 Å². The molecule has 4 bridgehead atoms. The van der Waals surface area contributed by atoms with Gasteiger partial charge >= 0.3 is 5.97 Å². The largest absolute Gasteiger partial charge is 0.458 e. The summed E-state index contributed by atoms with van der Waals surface area (Å²) in [4.78, 5) is 12.8. The van der Waals surface area contributed by atoms with Gasteiger partial charge in [0.05, 0.1) is 42.5 Å². The first-order chi connectivity index (χ1) is 18.8. The lowest BCUT2D eigenvalue weighted by atomic mass is 9.73. The van der Waals surface area contributed by atoms with Crippen molar-refractivity contribution in [3.05, 3.63) is 72.4 Å². The first kappa shape index (κ1) is 31.2. The van der Waals surface area contributed by atoms with Gasteiger partial charge in [-0.25, -0.2) is 4.79 Å². The second-order valence-electron chi connectivity index (χ2n) is 11.1. The topological polar surface area (TPSA) is 105 Å². The third kappa shape index (κ3) is 9.12. The van der Waals surface area contributed by atoms with Gasteiger partial charge in [0.1, 0.15) is 6.10 Å². The number of carbonyl (C=O) groups excluding carboxylic acids is 1. The maximum absolute atomic E-state index is 12.8. The van der Waals surface area contributed by atoms with Crippen LogP contribution in [0.1, 0.15) is 59.3 Å². The molecule has 0 amide bonds. The van der Waals surface area contributed by atoms with Gasteiger partial charge in [0.25, 0.3) is 0 Å². The third-order valence-corrected chi connectivity index (χ3v) is 7.96. The summed E-state index contributed by atoms with van der Waals surface area (Å²) in [6, 6.07) is 0. The highest BCUT2D eigenvalue weighted by Gasteiger charge is 2.48. The molecule has 8 unspecified atom stereocenters. The molecule has 0 saturated carbocycles. The maximum atomic E-state index is 12.8. The molecule has 0 spiro atoms. The van der Waals surface area contributed by atoms with Crippen molar-refractivity contribution in [3.63, 3.8) is 0 Å². The SMILES string of the molecule is CC1=C\C2OC(C/C=C/C=C/C(=O)OC3CC(/C=C/C\C=C\1)OC(C/C=C\CCO)C3(C)CO)CC(O)C2C. The Morgan fingerprint density at radius 2 is 1.90 bits per heavy atom. The monoisotopic (exact) mass is 542 g/mol. The van der Waals surface area contributed by atoms with Crippen LogP contribution in [-0.4, -0.2) is 71.1 Å². The zero-order valence-corrected chi connectivity index (χ0v) is 23.5. The molecule has 3 heterocycles. The Hall–Kier alpha value is -2.29. The molecule has 0 radical (unpaired) electrons. The number of esters is 1. The molecule has 0 aliphatic carbocycles. The minimum Gasteiger partial charge on any atom is -0.458 e. The van der Waals surface area contributed by atoms with Gasteiger partial charge in [-0.1, -0.05) is 80.2 Å². The maximum Gasteiger partial charge on any atom is 0.331 e. The lowest BCUT2D eigenvalue weighted by Gasteiger charge is -2.47. The molecule has 2 fully saturated rings. The number of fused-ring (bicyclic) bond motifs is 4. The van der Waals surface area contributed by atoms with E-state index in [0.29, 0.717) is 38.5 Å². The van der Waals surface area contributed by atoms with Gasteiger partial charge < -0.3 is 29.5 Å². The van der Waals surface area contributed by atoms with Crippen LogP contribution in [0, 0.1) is 11.3 Å². The molecular formula is C32H46O7. The highest BCUT2D eigenvalue weighted by molar-refractivity contribution is 5.82. The summed E-state index contributed by atoms with van der Waals surface area (Å²) in [6.07, 6.45) is 22.4. The van der Waals surface area contributed by atoms with E-state index in [9.17, 15) is 15.0 Å². The van der Waals surface area contributed by atoms with Gasteiger partial charge in [-0.15, -0.1) is 0 Å². The Kier molecular flexibility index (Phi) is 12.4. The quantitative estimate of drug-likeness (QED) is 0.347. The molecule has 7 heteroatoms. The molecule has 0 aromatic heterocycles. The Bertz CT molecular complexity index is 962. The van der Waals surface area contributed by atoms with Crippen molar-refractivity contribution in [2.75, 3.05) is 13.2 Å². The van der Waals surface area contributed by atoms with E-state index in [2.05, 4.69) is 18.2 Å². The van der Waals surface area contributed by atoms with Crippen molar-refractivity contribution in [2.45, 2.75) is 95.9 Å². The molecule has 3 aliphatic rings. The van der Waals surface area contributed by atoms with Gasteiger partial charge in [0.2, 0.25) is 0 Å². The molecule has 8 atom stereocenters. The normalized spacial score (nSPS) is 41.1. The van der Waals surface area contributed by atoms with Crippen LogP contribution in [0.15, 0.2) is 72.4 Å². The molecule has 216 valence electrons. The van der Waals surface area contributed by atoms with Crippen LogP contribution < -0.4 is 0 Å². The first-order valence-corrected chi connectivity index (χ1v) is 14.2. The lowest BCUT2D eigenvalue weighted by Crippen LogP contribution is -2.55. The van der Waals surface area contributed by atoms with Crippen LogP contribution in [0.25, 0.3) is 0 Å². The third-order valence-electron chi connectivity index (χ3n) is 7.96. The number of hydrogen-bond donors (Lipinski definition) is 3. The molecule has 2 saturated heterocycles. The second kappa shape index (κ2) is 15.5. The number of hydrogen-bond acceptors (Lipinski definition) is 7. The molecule has 7 nitrogen and oxygen atoms in total. The van der Waals surface area contributed by atoms with Crippen LogP contribution >= 0.6 is 0 Å². The van der Waals surface area contributed by atoms with Gasteiger partial charge in [-0.2, -0.15) is 0 Å². The van der Waals surface area contributed by atoms with Crippen LogP contribution in [-0.2, 0) is 19.0 Å². The van der Waals surface area contributed by atoms with E-state index in [1.54, 1.807) is 12.2 Å². The van der Waals surface area contributed by atoms with Crippen LogP contribution in [0.3, 0.4) is 0 Å². The minimum atomic E-state index is -0.779. The molecule has 39 heavy (non-hydrogen) atoms. The van der Waals surface area contributed by atoms with Crippen LogP contribution in [0.2, 0.25) is 0 Å². The lowest BCUT2D eigenvalue weighted by molar-refractivity contribution is -0.198. The summed E-state index contributed by atoms with van der Waals surface area (Å²) in [6.45, 7) is 5.83. The molecular weight excluding hydrogens is 496 g/mol. The Morgan fingerprint density at radius 1 is 1.08 bits per heavy atom. The summed E-state index contributed by atoms with van der Waals surface area (Å²) in [7, 11) is 0. The van der Waals surface area contributed by atoms with Crippen molar-refractivity contribution >= 4 is 5.97 Å². The fourth-order valence-electron chi connectivity index (χ4n) is 5.30. The fraction of sp³-hybridized carbons (Fsp3) is 0.594. The number of aliphatic hydroxyl groups is 3. The molecule has 0 aromatic carbocycles. The number of ether oxygens (including phenoxy) is 3. The van der Waals surface area contributed by atoms with Crippen molar-refractivity contribution in [2.24, 2.45) is 11.3 Å². The summed E-state index contributed by atoms with van der Waals surface area (Å²) in [5.74, 6) is -0.465.